The van der Waals surface area contributed by atoms with E-state index in [1.165, 1.54) is 0 Å². The zero-order chi connectivity index (χ0) is 13.5. The normalized spacial score (nSPS) is 11.3. The third-order valence-electron chi connectivity index (χ3n) is 2.42. The fourth-order valence-corrected chi connectivity index (χ4v) is 2.44. The molecule has 1 aromatic rings. The molecule has 102 valence electrons. The van der Waals surface area contributed by atoms with Gasteiger partial charge in [-0.15, -0.1) is 11.6 Å². The topological polar surface area (TPSA) is 12.5 Å². The standard InChI is InChI=1S/C12H15BrClF2NO/c1-18-11-3-2-9(6-10(11)13)7-17(5-4-14)8-12(15)16/h2-3,6,12H,4-5,7-8H2,1H3. The molecule has 0 saturated heterocycles. The van der Waals surface area contributed by atoms with Crippen molar-refractivity contribution in [1.82, 2.24) is 4.90 Å². The van der Waals surface area contributed by atoms with Crippen molar-refractivity contribution in [3.05, 3.63) is 28.2 Å². The van der Waals surface area contributed by atoms with Gasteiger partial charge in [0.25, 0.3) is 6.43 Å². The molecule has 0 fully saturated rings. The second-order valence-electron chi connectivity index (χ2n) is 3.78. The van der Waals surface area contributed by atoms with Crippen LogP contribution < -0.4 is 4.74 Å². The Morgan fingerprint density at radius 2 is 2.17 bits per heavy atom. The maximum atomic E-state index is 12.4. The minimum absolute atomic E-state index is 0.267. The second-order valence-corrected chi connectivity index (χ2v) is 5.02. The number of halogens is 4. The number of rotatable bonds is 7. The Morgan fingerprint density at radius 1 is 1.44 bits per heavy atom. The maximum absolute atomic E-state index is 12.4. The van der Waals surface area contributed by atoms with E-state index >= 15 is 0 Å². The maximum Gasteiger partial charge on any atom is 0.251 e. The van der Waals surface area contributed by atoms with E-state index in [1.54, 1.807) is 18.1 Å². The molecule has 0 N–H and O–H groups in total. The first-order valence-electron chi connectivity index (χ1n) is 5.45. The zero-order valence-electron chi connectivity index (χ0n) is 10.0. The van der Waals surface area contributed by atoms with Crippen LogP contribution in [-0.2, 0) is 6.54 Å². The van der Waals surface area contributed by atoms with Crippen LogP contribution in [0, 0.1) is 0 Å². The molecule has 1 aromatic carbocycles. The molecule has 0 aromatic heterocycles. The Labute approximate surface area is 119 Å². The molecule has 18 heavy (non-hydrogen) atoms. The Balaban J connectivity index is 2.71. The average Bonchev–Trinajstić information content (AvgIpc) is 2.28. The van der Waals surface area contributed by atoms with Crippen molar-refractivity contribution in [2.45, 2.75) is 13.0 Å². The van der Waals surface area contributed by atoms with Crippen molar-refractivity contribution >= 4 is 27.5 Å². The summed E-state index contributed by atoms with van der Waals surface area (Å²) in [5.41, 5.74) is 0.938. The number of alkyl halides is 3. The predicted octanol–water partition coefficient (Wildman–Crippen LogP) is 3.76. The summed E-state index contributed by atoms with van der Waals surface area (Å²) in [6.07, 6.45) is -2.35. The van der Waals surface area contributed by atoms with Crippen molar-refractivity contribution in [1.29, 1.82) is 0 Å². The van der Waals surface area contributed by atoms with Gasteiger partial charge in [0.1, 0.15) is 5.75 Å². The Kier molecular flexibility index (Phi) is 6.89. The summed E-state index contributed by atoms with van der Waals surface area (Å²) in [5.74, 6) is 1.06. The molecular weight excluding hydrogens is 327 g/mol. The van der Waals surface area contributed by atoms with Crippen LogP contribution in [0.5, 0.6) is 5.75 Å². The molecule has 0 atom stereocenters. The molecule has 0 aliphatic carbocycles. The molecule has 0 spiro atoms. The van der Waals surface area contributed by atoms with Crippen LogP contribution in [0.15, 0.2) is 22.7 Å². The van der Waals surface area contributed by atoms with E-state index in [-0.39, 0.29) is 6.54 Å². The van der Waals surface area contributed by atoms with Crippen LogP contribution in [0.2, 0.25) is 0 Å². The molecular formula is C12H15BrClF2NO. The van der Waals surface area contributed by atoms with E-state index < -0.39 is 6.43 Å². The molecule has 0 amide bonds. The van der Waals surface area contributed by atoms with Gasteiger partial charge in [-0.1, -0.05) is 6.07 Å². The van der Waals surface area contributed by atoms with E-state index in [9.17, 15) is 8.78 Å². The number of hydrogen-bond acceptors (Lipinski definition) is 2. The first-order valence-corrected chi connectivity index (χ1v) is 6.78. The van der Waals surface area contributed by atoms with Crippen LogP contribution in [-0.4, -0.2) is 37.4 Å². The number of hydrogen-bond donors (Lipinski definition) is 0. The molecule has 0 aliphatic rings. The van der Waals surface area contributed by atoms with Gasteiger partial charge in [0.05, 0.1) is 18.1 Å². The third kappa shape index (κ3) is 5.08. The van der Waals surface area contributed by atoms with Gasteiger partial charge >= 0.3 is 0 Å². The second kappa shape index (κ2) is 7.92. The Bertz CT molecular complexity index is 379. The summed E-state index contributed by atoms with van der Waals surface area (Å²) in [7, 11) is 1.58. The van der Waals surface area contributed by atoms with Crippen molar-refractivity contribution in [3.63, 3.8) is 0 Å². The summed E-state index contributed by atoms with van der Waals surface area (Å²) in [5, 5.41) is 0. The van der Waals surface area contributed by atoms with Gasteiger partial charge in [-0.2, -0.15) is 0 Å². The highest BCUT2D eigenvalue weighted by molar-refractivity contribution is 9.10. The summed E-state index contributed by atoms with van der Waals surface area (Å²) in [6.45, 7) is 0.617. The summed E-state index contributed by atoms with van der Waals surface area (Å²) in [6, 6.07) is 5.53. The lowest BCUT2D eigenvalue weighted by molar-refractivity contribution is 0.0878. The fraction of sp³-hybridized carbons (Fsp3) is 0.500. The van der Waals surface area contributed by atoms with Crippen LogP contribution >= 0.6 is 27.5 Å². The number of methoxy groups -OCH3 is 1. The van der Waals surface area contributed by atoms with E-state index in [0.29, 0.717) is 19.0 Å². The minimum atomic E-state index is -2.35. The van der Waals surface area contributed by atoms with Crippen molar-refractivity contribution in [2.24, 2.45) is 0 Å². The molecule has 0 bridgehead atoms. The van der Waals surface area contributed by atoms with Gasteiger partial charge in [-0.05, 0) is 33.6 Å². The van der Waals surface area contributed by atoms with Crippen LogP contribution in [0.25, 0.3) is 0 Å². The van der Waals surface area contributed by atoms with Gasteiger partial charge in [0.2, 0.25) is 0 Å². The lowest BCUT2D eigenvalue weighted by atomic mass is 10.2. The van der Waals surface area contributed by atoms with Gasteiger partial charge in [0.15, 0.2) is 0 Å². The summed E-state index contributed by atoms with van der Waals surface area (Å²) < 4.78 is 30.7. The number of nitrogens with zero attached hydrogens (tertiary/aromatic N) is 1. The molecule has 0 radical (unpaired) electrons. The molecule has 1 rings (SSSR count). The van der Waals surface area contributed by atoms with Crippen molar-refractivity contribution < 1.29 is 13.5 Å². The lowest BCUT2D eigenvalue weighted by Gasteiger charge is -2.21. The van der Waals surface area contributed by atoms with Crippen molar-refractivity contribution in [2.75, 3.05) is 26.1 Å². The average molecular weight is 343 g/mol. The van der Waals surface area contributed by atoms with E-state index in [2.05, 4.69) is 15.9 Å². The SMILES string of the molecule is COc1ccc(CN(CCCl)CC(F)F)cc1Br. The number of ether oxygens (including phenoxy) is 1. The van der Waals surface area contributed by atoms with E-state index in [1.807, 2.05) is 12.1 Å². The highest BCUT2D eigenvalue weighted by Crippen LogP contribution is 2.26. The Morgan fingerprint density at radius 3 is 2.67 bits per heavy atom. The lowest BCUT2D eigenvalue weighted by Crippen LogP contribution is -2.30. The predicted molar refractivity (Wildman–Crippen MR) is 72.7 cm³/mol. The van der Waals surface area contributed by atoms with Gasteiger partial charge in [0, 0.05) is 19.0 Å². The van der Waals surface area contributed by atoms with Gasteiger partial charge < -0.3 is 4.74 Å². The Hall–Kier alpha value is -0.390. The van der Waals surface area contributed by atoms with E-state index in [0.717, 1.165) is 15.8 Å². The highest BCUT2D eigenvalue weighted by Gasteiger charge is 2.12. The molecule has 2 nitrogen and oxygen atoms in total. The largest absolute Gasteiger partial charge is 0.496 e. The highest BCUT2D eigenvalue weighted by atomic mass is 79.9. The van der Waals surface area contributed by atoms with Crippen LogP contribution in [0.4, 0.5) is 8.78 Å². The van der Waals surface area contributed by atoms with Gasteiger partial charge in [-0.25, -0.2) is 8.78 Å². The third-order valence-corrected chi connectivity index (χ3v) is 3.21. The van der Waals surface area contributed by atoms with E-state index in [4.69, 9.17) is 16.3 Å². The fourth-order valence-electron chi connectivity index (χ4n) is 1.62. The first-order chi connectivity index (χ1) is 8.56. The molecule has 0 unspecified atom stereocenters. The molecule has 0 saturated carbocycles. The smallest absolute Gasteiger partial charge is 0.251 e. The van der Waals surface area contributed by atoms with Gasteiger partial charge in [-0.3, -0.25) is 4.90 Å². The van der Waals surface area contributed by atoms with Crippen LogP contribution in [0.1, 0.15) is 5.56 Å². The van der Waals surface area contributed by atoms with Crippen molar-refractivity contribution in [3.8, 4) is 5.75 Å². The summed E-state index contributed by atoms with van der Waals surface area (Å²) in [4.78, 5) is 1.63. The zero-order valence-corrected chi connectivity index (χ0v) is 12.3. The molecule has 0 aliphatic heterocycles. The van der Waals surface area contributed by atoms with Crippen LogP contribution in [0.3, 0.4) is 0 Å². The monoisotopic (exact) mass is 341 g/mol. The minimum Gasteiger partial charge on any atom is -0.496 e. The first kappa shape index (κ1) is 15.7. The molecule has 6 heteroatoms. The summed E-state index contributed by atoms with van der Waals surface area (Å²) >= 11 is 8.98. The quantitative estimate of drug-likeness (QED) is 0.700. The molecule has 0 heterocycles. The number of benzene rings is 1.